The molecule has 5 amide bonds. The molecule has 2 aliphatic heterocycles. The maximum atomic E-state index is 14.1. The number of aliphatic hydroxyl groups excluding tert-OH is 1. The number of piperidine rings is 1. The van der Waals surface area contributed by atoms with E-state index in [1.54, 1.807) is 60.0 Å². The van der Waals surface area contributed by atoms with Crippen molar-refractivity contribution in [1.29, 1.82) is 0 Å². The third-order valence-electron chi connectivity index (χ3n) is 14.0. The zero-order valence-electron chi connectivity index (χ0n) is 45.4. The highest BCUT2D eigenvalue weighted by Crippen LogP contribution is 2.39. The number of rotatable bonds is 23. The minimum atomic E-state index is -0.892. The summed E-state index contributed by atoms with van der Waals surface area (Å²) in [4.78, 5) is 85.4. The summed E-state index contributed by atoms with van der Waals surface area (Å²) >= 11 is 9.53. The van der Waals surface area contributed by atoms with Gasteiger partial charge in [-0.1, -0.05) is 93.7 Å². The SMILES string of the molecule is Cc1ncsc1-c1ccc([C@@H](C)NC(=O)[C@H]2C[C@H](O)CN2C(=O)[C@H](NC(=O)CCCCCCCOc2ccc(NC(=O)CCC(=O)Nc3cccc(Sc4ncc(N5CCC(C)(N)CC5)nc4N)c3Cl)cc2)C(C)(C)C)cc1. The maximum absolute atomic E-state index is 14.1. The van der Waals surface area contributed by atoms with E-state index in [0.29, 0.717) is 50.9 Å². The zero-order chi connectivity index (χ0) is 56.1. The molecule has 0 saturated carbocycles. The molecule has 0 bridgehead atoms. The highest BCUT2D eigenvalue weighted by Gasteiger charge is 2.44. The lowest BCUT2D eigenvalue weighted by molar-refractivity contribution is -0.144. The summed E-state index contributed by atoms with van der Waals surface area (Å²) in [6, 6.07) is 18.1. The normalized spacial score (nSPS) is 17.0. The number of halogens is 1. The number of benzene rings is 3. The Balaban J connectivity index is 0.759. The van der Waals surface area contributed by atoms with E-state index in [4.69, 9.17) is 27.8 Å². The average molecular weight is 1120 g/mol. The number of thiazole rings is 1. The first-order valence-corrected chi connectivity index (χ1v) is 28.8. The molecule has 0 radical (unpaired) electrons. The number of aliphatic hydroxyl groups is 1. The summed E-state index contributed by atoms with van der Waals surface area (Å²) in [5.74, 6) is -0.0490. The monoisotopic (exact) mass is 1120 g/mol. The van der Waals surface area contributed by atoms with Gasteiger partial charge in [-0.15, -0.1) is 11.3 Å². The number of nitrogens with one attached hydrogen (secondary N) is 4. The van der Waals surface area contributed by atoms with Crippen LogP contribution in [0.15, 0.2) is 88.4 Å². The van der Waals surface area contributed by atoms with Gasteiger partial charge in [0.25, 0.3) is 0 Å². The molecule has 2 saturated heterocycles. The number of carbonyl (C=O) groups excluding carboxylic acids is 5. The van der Waals surface area contributed by atoms with Crippen LogP contribution in [0.3, 0.4) is 0 Å². The molecule has 0 unspecified atom stereocenters. The number of aryl methyl sites for hydroxylation is 1. The van der Waals surface area contributed by atoms with Crippen molar-refractivity contribution in [3.8, 4) is 16.2 Å². The van der Waals surface area contributed by atoms with Gasteiger partial charge in [-0.3, -0.25) is 24.0 Å². The summed E-state index contributed by atoms with van der Waals surface area (Å²) in [5.41, 5.74) is 17.5. The lowest BCUT2D eigenvalue weighted by Crippen LogP contribution is -2.57. The number of unbranched alkanes of at least 4 members (excludes halogenated alkanes) is 4. The molecule has 2 aromatic heterocycles. The van der Waals surface area contributed by atoms with E-state index >= 15 is 0 Å². The van der Waals surface area contributed by atoms with Crippen LogP contribution < -0.4 is 42.4 Å². The largest absolute Gasteiger partial charge is 0.494 e. The van der Waals surface area contributed by atoms with Crippen molar-refractivity contribution in [1.82, 2.24) is 30.5 Å². The lowest BCUT2D eigenvalue weighted by atomic mass is 9.85. The van der Waals surface area contributed by atoms with Gasteiger partial charge in [0.05, 0.1) is 51.7 Å². The molecule has 5 aromatic rings. The Hall–Kier alpha value is -6.32. The first-order chi connectivity index (χ1) is 37.1. The second-order valence-corrected chi connectivity index (χ2v) is 23.9. The van der Waals surface area contributed by atoms with Crippen molar-refractivity contribution in [2.45, 2.75) is 152 Å². The molecule has 18 nitrogen and oxygen atoms in total. The van der Waals surface area contributed by atoms with Gasteiger partial charge in [0, 0.05) is 61.4 Å². The summed E-state index contributed by atoms with van der Waals surface area (Å²) < 4.78 is 5.93. The molecule has 78 heavy (non-hydrogen) atoms. The Labute approximate surface area is 470 Å². The molecule has 3 aromatic carbocycles. The van der Waals surface area contributed by atoms with E-state index < -0.39 is 29.5 Å². The second-order valence-electron chi connectivity index (χ2n) is 21.6. The summed E-state index contributed by atoms with van der Waals surface area (Å²) in [6.07, 6.45) is 6.84. The summed E-state index contributed by atoms with van der Waals surface area (Å²) in [7, 11) is 0. The Kier molecular flexibility index (Phi) is 20.6. The number of nitrogens with zero attached hydrogens (tertiary/aromatic N) is 5. The predicted molar refractivity (Wildman–Crippen MR) is 309 cm³/mol. The number of hydrogen-bond acceptors (Lipinski definition) is 15. The van der Waals surface area contributed by atoms with Crippen molar-refractivity contribution >= 4 is 87.2 Å². The molecule has 0 spiro atoms. The fraction of sp³-hybridized carbons (Fsp3) is 0.474. The van der Waals surface area contributed by atoms with Crippen molar-refractivity contribution in [2.24, 2.45) is 11.1 Å². The number of likely N-dealkylation sites (tertiary alicyclic amines) is 1. The first-order valence-electron chi connectivity index (χ1n) is 26.7. The summed E-state index contributed by atoms with van der Waals surface area (Å²) in [5, 5.41) is 23.1. The van der Waals surface area contributed by atoms with E-state index in [1.165, 1.54) is 16.7 Å². The van der Waals surface area contributed by atoms with E-state index in [1.807, 2.05) is 64.4 Å². The molecule has 2 fully saturated rings. The van der Waals surface area contributed by atoms with E-state index in [9.17, 15) is 29.1 Å². The topological polar surface area (TPSA) is 260 Å². The van der Waals surface area contributed by atoms with Gasteiger partial charge >= 0.3 is 0 Å². The van der Waals surface area contributed by atoms with Crippen molar-refractivity contribution in [3.05, 3.63) is 94.7 Å². The number of β-amino-alcohol motifs (C(OH)–C–C–N with tert-alkyl or cyclic N) is 1. The number of amides is 5. The van der Waals surface area contributed by atoms with Crippen LogP contribution in [0.1, 0.15) is 123 Å². The minimum absolute atomic E-state index is 0.00387. The van der Waals surface area contributed by atoms with Crippen molar-refractivity contribution in [2.75, 3.05) is 47.5 Å². The standard InChI is InChI=1S/C57H74ClN11O7S2/c1-35(37-16-18-38(19-17-37)50-36(2)62-34-77-50)63-53(74)43-31-40(70)33-69(43)55(75)51(56(3,4)5)67-46(71)15-10-8-7-9-11-30-76-41-22-20-39(21-23-41)64-47(72)24-25-48(73)65-42-13-12-14-44(49(42)58)78-54-52(59)66-45(32-61-54)68-28-26-57(6,60)27-29-68/h12-14,16-23,32,34-35,40,43,51,70H,7-11,15,24-31,33,60H2,1-6H3,(H2,59,66)(H,63,74)(H,64,72)(H,65,73)(H,67,71)/t35-,40+,43-,51+/m1/s1. The Bertz CT molecular complexity index is 2870. The van der Waals surface area contributed by atoms with Crippen LogP contribution in [0.2, 0.25) is 5.02 Å². The number of ether oxygens (including phenoxy) is 1. The summed E-state index contributed by atoms with van der Waals surface area (Å²) in [6.45, 7) is 13.6. The van der Waals surface area contributed by atoms with Gasteiger partial charge in [-0.2, -0.15) is 0 Å². The molecule has 4 heterocycles. The Morgan fingerprint density at radius 2 is 1.58 bits per heavy atom. The first kappa shape index (κ1) is 59.3. The number of aromatic nitrogens is 3. The van der Waals surface area contributed by atoms with Gasteiger partial charge in [0.2, 0.25) is 29.5 Å². The molecular formula is C57H74ClN11O7S2. The fourth-order valence-electron chi connectivity index (χ4n) is 9.30. The van der Waals surface area contributed by atoms with Gasteiger partial charge in [0.15, 0.2) is 5.82 Å². The second kappa shape index (κ2) is 27.0. The van der Waals surface area contributed by atoms with Crippen molar-refractivity contribution < 1.29 is 33.8 Å². The van der Waals surface area contributed by atoms with E-state index in [-0.39, 0.29) is 73.3 Å². The minimum Gasteiger partial charge on any atom is -0.494 e. The van der Waals surface area contributed by atoms with Gasteiger partial charge < -0.3 is 52.4 Å². The maximum Gasteiger partial charge on any atom is 0.246 e. The number of anilines is 4. The smallest absolute Gasteiger partial charge is 0.246 e. The van der Waals surface area contributed by atoms with Crippen molar-refractivity contribution in [3.63, 3.8) is 0 Å². The van der Waals surface area contributed by atoms with Crippen LogP contribution in [0.25, 0.3) is 10.4 Å². The predicted octanol–water partition coefficient (Wildman–Crippen LogP) is 9.06. The Morgan fingerprint density at radius 1 is 0.897 bits per heavy atom. The third kappa shape index (κ3) is 16.6. The lowest BCUT2D eigenvalue weighted by Gasteiger charge is -2.37. The molecule has 7 rings (SSSR count). The molecule has 4 atom stereocenters. The average Bonchev–Trinajstić information content (AvgIpc) is 4.05. The quantitative estimate of drug-likeness (QED) is 0.0301. The van der Waals surface area contributed by atoms with Crippen LogP contribution in [0.5, 0.6) is 5.75 Å². The van der Waals surface area contributed by atoms with Gasteiger partial charge in [-0.05, 0) is 99.4 Å². The van der Waals surface area contributed by atoms with Crippen LogP contribution in [0, 0.1) is 12.3 Å². The number of carbonyl (C=O) groups is 5. The molecular weight excluding hydrogens is 1050 g/mol. The Morgan fingerprint density at radius 3 is 2.24 bits per heavy atom. The molecule has 21 heteroatoms. The van der Waals surface area contributed by atoms with Crippen LogP contribution in [-0.2, 0) is 24.0 Å². The molecule has 418 valence electrons. The number of nitrogens with two attached hydrogens (primary N) is 2. The van der Waals surface area contributed by atoms with Crippen LogP contribution in [-0.4, -0.2) is 104 Å². The van der Waals surface area contributed by atoms with Crippen LogP contribution >= 0.6 is 34.7 Å². The number of hydrogen-bond donors (Lipinski definition) is 7. The van der Waals surface area contributed by atoms with Gasteiger partial charge in [-0.25, -0.2) is 15.0 Å². The molecule has 0 aliphatic carbocycles. The fourth-order valence-corrected chi connectivity index (χ4v) is 11.2. The third-order valence-corrected chi connectivity index (χ3v) is 16.6. The number of nitrogen functional groups attached to an aromatic ring is 1. The highest BCUT2D eigenvalue weighted by atomic mass is 35.5. The highest BCUT2D eigenvalue weighted by molar-refractivity contribution is 7.99. The van der Waals surface area contributed by atoms with Gasteiger partial charge in [0.1, 0.15) is 28.7 Å². The molecule has 9 N–H and O–H groups in total. The van der Waals surface area contributed by atoms with Crippen LogP contribution in [0.4, 0.5) is 23.0 Å². The van der Waals surface area contributed by atoms with E-state index in [2.05, 4.69) is 48.0 Å². The molecule has 2 aliphatic rings. The van der Waals surface area contributed by atoms with E-state index in [0.717, 1.165) is 73.3 Å². The zero-order valence-corrected chi connectivity index (χ0v) is 47.8.